The lowest BCUT2D eigenvalue weighted by Gasteiger charge is -2.06. The zero-order valence-electron chi connectivity index (χ0n) is 14.3. The van der Waals surface area contributed by atoms with Crippen molar-refractivity contribution in [2.75, 3.05) is 0 Å². The average Bonchev–Trinajstić information content (AvgIpc) is 3.08. The minimum absolute atomic E-state index is 0.121. The summed E-state index contributed by atoms with van der Waals surface area (Å²) in [4.78, 5) is 32.1. The molecule has 1 amide bonds. The quantitative estimate of drug-likeness (QED) is 0.596. The van der Waals surface area contributed by atoms with Crippen molar-refractivity contribution in [1.82, 2.24) is 19.7 Å². The molecule has 0 bridgehead atoms. The van der Waals surface area contributed by atoms with Gasteiger partial charge in [0.1, 0.15) is 11.3 Å². The Morgan fingerprint density at radius 2 is 2.08 bits per heavy atom. The van der Waals surface area contributed by atoms with Crippen LogP contribution in [0.1, 0.15) is 28.7 Å². The fourth-order valence-electron chi connectivity index (χ4n) is 2.98. The Kier molecular flexibility index (Phi) is 4.01. The van der Waals surface area contributed by atoms with E-state index in [0.29, 0.717) is 12.2 Å². The number of aromatic nitrogens is 3. The highest BCUT2D eigenvalue weighted by molar-refractivity contribution is 5.92. The summed E-state index contributed by atoms with van der Waals surface area (Å²) >= 11 is 0. The van der Waals surface area contributed by atoms with E-state index in [-0.39, 0.29) is 17.2 Å². The van der Waals surface area contributed by atoms with E-state index < -0.39 is 0 Å². The molecule has 130 valence electrons. The smallest absolute Gasteiger partial charge is 0.270 e. The van der Waals surface area contributed by atoms with E-state index in [4.69, 9.17) is 0 Å². The Morgan fingerprint density at radius 1 is 1.19 bits per heavy atom. The summed E-state index contributed by atoms with van der Waals surface area (Å²) in [6.45, 7) is 2.47. The van der Waals surface area contributed by atoms with Crippen LogP contribution in [-0.4, -0.2) is 20.3 Å². The van der Waals surface area contributed by atoms with E-state index in [1.165, 1.54) is 16.2 Å². The topological polar surface area (TPSA) is 79.3 Å². The molecule has 0 saturated carbocycles. The minimum atomic E-state index is -0.366. The van der Waals surface area contributed by atoms with Crippen LogP contribution in [0.5, 0.6) is 0 Å². The lowest BCUT2D eigenvalue weighted by molar-refractivity contribution is 0.0946. The molecule has 2 N–H and O–H groups in total. The molecule has 6 nitrogen and oxygen atoms in total. The highest BCUT2D eigenvalue weighted by atomic mass is 16.2. The Bertz CT molecular complexity index is 1170. The monoisotopic (exact) mass is 346 g/mol. The Hall–Kier alpha value is -3.41. The zero-order chi connectivity index (χ0) is 18.1. The molecule has 4 aromatic rings. The molecule has 1 aromatic carbocycles. The maximum Gasteiger partial charge on any atom is 0.270 e. The van der Waals surface area contributed by atoms with Crippen molar-refractivity contribution in [1.29, 1.82) is 0 Å². The van der Waals surface area contributed by atoms with Gasteiger partial charge in [-0.2, -0.15) is 0 Å². The fourth-order valence-corrected chi connectivity index (χ4v) is 2.98. The van der Waals surface area contributed by atoms with E-state index in [1.54, 1.807) is 24.4 Å². The maximum atomic E-state index is 12.4. The van der Waals surface area contributed by atoms with Crippen LogP contribution in [0.2, 0.25) is 0 Å². The van der Waals surface area contributed by atoms with Crippen LogP contribution in [0, 0.1) is 0 Å². The van der Waals surface area contributed by atoms with E-state index in [2.05, 4.69) is 28.3 Å². The average molecular weight is 346 g/mol. The summed E-state index contributed by atoms with van der Waals surface area (Å²) in [5, 5.41) is 3.98. The first-order chi connectivity index (χ1) is 12.6. The molecule has 0 saturated heterocycles. The number of nitrogens with zero attached hydrogens (tertiary/aromatic N) is 2. The molecule has 0 radical (unpaired) electrons. The number of rotatable bonds is 4. The zero-order valence-corrected chi connectivity index (χ0v) is 14.3. The SMILES string of the molecule is CCc1cc2ccc(CNC(=O)c3cc(=O)n4ccccc4n3)cc2[nH]1. The van der Waals surface area contributed by atoms with Gasteiger partial charge in [-0.1, -0.05) is 25.1 Å². The van der Waals surface area contributed by atoms with Gasteiger partial charge in [0.15, 0.2) is 0 Å². The summed E-state index contributed by atoms with van der Waals surface area (Å²) in [5.74, 6) is -0.366. The van der Waals surface area contributed by atoms with Crippen molar-refractivity contribution in [3.8, 4) is 0 Å². The van der Waals surface area contributed by atoms with Gasteiger partial charge in [0.05, 0.1) is 0 Å². The summed E-state index contributed by atoms with van der Waals surface area (Å²) in [6, 6.07) is 14.6. The minimum Gasteiger partial charge on any atom is -0.358 e. The fraction of sp³-hybridized carbons (Fsp3) is 0.150. The summed E-state index contributed by atoms with van der Waals surface area (Å²) in [6.07, 6.45) is 2.58. The van der Waals surface area contributed by atoms with E-state index >= 15 is 0 Å². The van der Waals surface area contributed by atoms with Gasteiger partial charge in [-0.25, -0.2) is 4.98 Å². The first-order valence-electron chi connectivity index (χ1n) is 8.51. The molecule has 0 fully saturated rings. The van der Waals surface area contributed by atoms with Gasteiger partial charge in [0.2, 0.25) is 0 Å². The number of aryl methyl sites for hydroxylation is 1. The summed E-state index contributed by atoms with van der Waals surface area (Å²) in [5.41, 5.74) is 3.51. The normalized spacial score (nSPS) is 11.1. The molecule has 3 heterocycles. The molecule has 0 atom stereocenters. The van der Waals surface area contributed by atoms with Crippen LogP contribution in [0.3, 0.4) is 0 Å². The number of carbonyl (C=O) groups is 1. The van der Waals surface area contributed by atoms with Crippen LogP contribution in [0.15, 0.2) is 59.5 Å². The number of hydrogen-bond donors (Lipinski definition) is 2. The second-order valence-electron chi connectivity index (χ2n) is 6.16. The number of aromatic amines is 1. The third kappa shape index (κ3) is 2.97. The third-order valence-electron chi connectivity index (χ3n) is 4.38. The largest absolute Gasteiger partial charge is 0.358 e. The molecular formula is C20H18N4O2. The van der Waals surface area contributed by atoms with Gasteiger partial charge < -0.3 is 10.3 Å². The molecule has 26 heavy (non-hydrogen) atoms. The van der Waals surface area contributed by atoms with Gasteiger partial charge in [-0.05, 0) is 41.6 Å². The molecule has 3 aromatic heterocycles. The lowest BCUT2D eigenvalue weighted by atomic mass is 10.1. The van der Waals surface area contributed by atoms with Gasteiger partial charge in [-0.15, -0.1) is 0 Å². The first kappa shape index (κ1) is 16.1. The van der Waals surface area contributed by atoms with E-state index in [0.717, 1.165) is 22.9 Å². The third-order valence-corrected chi connectivity index (χ3v) is 4.38. The standard InChI is InChI=1S/C20H18N4O2/c1-2-15-10-14-7-6-13(9-16(14)22-15)12-21-20(26)17-11-19(25)24-8-4-3-5-18(24)23-17/h3-11,22H,2,12H2,1H3,(H,21,26). The van der Waals surface area contributed by atoms with Crippen LogP contribution >= 0.6 is 0 Å². The number of pyridine rings is 1. The van der Waals surface area contributed by atoms with Crippen molar-refractivity contribution in [3.63, 3.8) is 0 Å². The predicted octanol–water partition coefficient (Wildman–Crippen LogP) is 2.67. The van der Waals surface area contributed by atoms with Crippen molar-refractivity contribution in [2.45, 2.75) is 19.9 Å². The molecule has 0 aliphatic rings. The van der Waals surface area contributed by atoms with Gasteiger partial charge >= 0.3 is 0 Å². The lowest BCUT2D eigenvalue weighted by Crippen LogP contribution is -2.26. The second-order valence-corrected chi connectivity index (χ2v) is 6.16. The maximum absolute atomic E-state index is 12.4. The van der Waals surface area contributed by atoms with Crippen molar-refractivity contribution >= 4 is 22.5 Å². The molecule has 0 aliphatic carbocycles. The van der Waals surface area contributed by atoms with Crippen molar-refractivity contribution < 1.29 is 4.79 Å². The van der Waals surface area contributed by atoms with Crippen molar-refractivity contribution in [3.05, 3.63) is 82.0 Å². The Morgan fingerprint density at radius 3 is 2.92 bits per heavy atom. The van der Waals surface area contributed by atoms with E-state index in [9.17, 15) is 9.59 Å². The van der Waals surface area contributed by atoms with Crippen LogP contribution in [0.4, 0.5) is 0 Å². The molecular weight excluding hydrogens is 328 g/mol. The number of amides is 1. The highest BCUT2D eigenvalue weighted by Gasteiger charge is 2.10. The van der Waals surface area contributed by atoms with Gasteiger partial charge in [-0.3, -0.25) is 14.0 Å². The van der Waals surface area contributed by atoms with Crippen molar-refractivity contribution in [2.24, 2.45) is 0 Å². The second kappa shape index (κ2) is 6.48. The Labute approximate surface area is 149 Å². The van der Waals surface area contributed by atoms with Crippen LogP contribution in [0.25, 0.3) is 16.6 Å². The first-order valence-corrected chi connectivity index (χ1v) is 8.51. The van der Waals surface area contributed by atoms with Gasteiger partial charge in [0.25, 0.3) is 11.5 Å². The summed E-state index contributed by atoms with van der Waals surface area (Å²) in [7, 11) is 0. The predicted molar refractivity (Wildman–Crippen MR) is 100 cm³/mol. The van der Waals surface area contributed by atoms with Crippen LogP contribution < -0.4 is 10.9 Å². The number of benzene rings is 1. The highest BCUT2D eigenvalue weighted by Crippen LogP contribution is 2.17. The number of H-pyrrole nitrogens is 1. The number of carbonyl (C=O) groups excluding carboxylic acids is 1. The van der Waals surface area contributed by atoms with E-state index in [1.807, 2.05) is 18.2 Å². The number of nitrogens with one attached hydrogen (secondary N) is 2. The number of hydrogen-bond acceptors (Lipinski definition) is 3. The molecule has 0 spiro atoms. The Balaban J connectivity index is 1.54. The molecule has 0 aliphatic heterocycles. The van der Waals surface area contributed by atoms with Crippen LogP contribution in [-0.2, 0) is 13.0 Å². The number of fused-ring (bicyclic) bond motifs is 2. The molecule has 0 unspecified atom stereocenters. The summed E-state index contributed by atoms with van der Waals surface area (Å²) < 4.78 is 1.40. The molecule has 4 rings (SSSR count). The van der Waals surface area contributed by atoms with Gasteiger partial charge in [0, 0.05) is 30.0 Å². The molecule has 6 heteroatoms.